The van der Waals surface area contributed by atoms with Crippen LogP contribution in [0.2, 0.25) is 0 Å². The average Bonchev–Trinajstić information content (AvgIpc) is 2.89. The van der Waals surface area contributed by atoms with Crippen molar-refractivity contribution in [3.63, 3.8) is 0 Å². The summed E-state index contributed by atoms with van der Waals surface area (Å²) in [5.74, 6) is -0.127. The Morgan fingerprint density at radius 3 is 2.83 bits per heavy atom. The molecule has 2 heterocycles. The smallest absolute Gasteiger partial charge is 0.422 e. The van der Waals surface area contributed by atoms with Gasteiger partial charge in [-0.25, -0.2) is 4.98 Å². The second-order valence-corrected chi connectivity index (χ2v) is 5.87. The highest BCUT2D eigenvalue weighted by atomic mass is 19.4. The summed E-state index contributed by atoms with van der Waals surface area (Å²) < 4.78 is 41.0. The fourth-order valence-electron chi connectivity index (χ4n) is 2.61. The van der Waals surface area contributed by atoms with Gasteiger partial charge in [-0.05, 0) is 32.0 Å². The Morgan fingerprint density at radius 2 is 2.22 bits per heavy atom. The SMILES string of the molecule is CN1CC[C@H](CN(C)C(=O)c2cccc(OCC(F)(F)F)n2)C1. The van der Waals surface area contributed by atoms with Crippen LogP contribution in [0.25, 0.3) is 0 Å². The van der Waals surface area contributed by atoms with Crippen LogP contribution < -0.4 is 4.74 Å². The molecule has 1 aliphatic rings. The molecule has 0 bridgehead atoms. The van der Waals surface area contributed by atoms with Crippen molar-refractivity contribution >= 4 is 5.91 Å². The van der Waals surface area contributed by atoms with Crippen molar-refractivity contribution < 1.29 is 22.7 Å². The Hall–Kier alpha value is -1.83. The quantitative estimate of drug-likeness (QED) is 0.828. The summed E-state index contributed by atoms with van der Waals surface area (Å²) in [7, 11) is 3.70. The molecule has 128 valence electrons. The highest BCUT2D eigenvalue weighted by Gasteiger charge is 2.29. The van der Waals surface area contributed by atoms with E-state index < -0.39 is 12.8 Å². The average molecular weight is 331 g/mol. The molecule has 1 atom stereocenters. The zero-order valence-electron chi connectivity index (χ0n) is 13.1. The number of nitrogens with zero attached hydrogens (tertiary/aromatic N) is 3. The van der Waals surface area contributed by atoms with Gasteiger partial charge >= 0.3 is 6.18 Å². The third-order valence-corrected chi connectivity index (χ3v) is 3.69. The number of hydrogen-bond donors (Lipinski definition) is 0. The van der Waals surface area contributed by atoms with Gasteiger partial charge in [0.05, 0.1) is 0 Å². The molecule has 0 radical (unpaired) electrons. The molecule has 23 heavy (non-hydrogen) atoms. The van der Waals surface area contributed by atoms with Gasteiger partial charge in [0.25, 0.3) is 5.91 Å². The van der Waals surface area contributed by atoms with Crippen LogP contribution in [0.5, 0.6) is 5.88 Å². The fourth-order valence-corrected chi connectivity index (χ4v) is 2.61. The number of alkyl halides is 3. The molecule has 0 unspecified atom stereocenters. The largest absolute Gasteiger partial charge is 0.468 e. The monoisotopic (exact) mass is 331 g/mol. The fraction of sp³-hybridized carbons (Fsp3) is 0.600. The molecule has 1 amide bonds. The molecule has 0 saturated carbocycles. The number of carbonyl (C=O) groups excluding carboxylic acids is 1. The Morgan fingerprint density at radius 1 is 1.48 bits per heavy atom. The minimum absolute atomic E-state index is 0.0820. The van der Waals surface area contributed by atoms with Gasteiger partial charge in [-0.3, -0.25) is 4.79 Å². The van der Waals surface area contributed by atoms with E-state index in [4.69, 9.17) is 0 Å². The van der Waals surface area contributed by atoms with Crippen molar-refractivity contribution in [2.75, 3.05) is 40.3 Å². The summed E-state index contributed by atoms with van der Waals surface area (Å²) in [6.07, 6.45) is -3.41. The van der Waals surface area contributed by atoms with E-state index >= 15 is 0 Å². The lowest BCUT2D eigenvalue weighted by atomic mass is 10.1. The minimum Gasteiger partial charge on any atom is -0.468 e. The normalized spacial score (nSPS) is 18.9. The lowest BCUT2D eigenvalue weighted by Crippen LogP contribution is -2.33. The first-order valence-corrected chi connectivity index (χ1v) is 7.35. The first-order chi connectivity index (χ1) is 10.7. The van der Waals surface area contributed by atoms with E-state index in [0.29, 0.717) is 12.5 Å². The van der Waals surface area contributed by atoms with Crippen LogP contribution >= 0.6 is 0 Å². The predicted molar refractivity (Wildman–Crippen MR) is 78.4 cm³/mol. The predicted octanol–water partition coefficient (Wildman–Crippen LogP) is 2.05. The third-order valence-electron chi connectivity index (χ3n) is 3.69. The Labute approximate surface area is 133 Å². The summed E-state index contributed by atoms with van der Waals surface area (Å²) in [5.41, 5.74) is 0.0820. The molecule has 0 spiro atoms. The molecule has 2 rings (SSSR count). The van der Waals surface area contributed by atoms with E-state index in [1.54, 1.807) is 11.9 Å². The van der Waals surface area contributed by atoms with E-state index in [1.165, 1.54) is 18.2 Å². The van der Waals surface area contributed by atoms with Crippen LogP contribution in [0.4, 0.5) is 13.2 Å². The van der Waals surface area contributed by atoms with Gasteiger partial charge in [-0.1, -0.05) is 6.07 Å². The topological polar surface area (TPSA) is 45.7 Å². The van der Waals surface area contributed by atoms with Crippen LogP contribution in [-0.2, 0) is 0 Å². The van der Waals surface area contributed by atoms with Gasteiger partial charge in [0, 0.05) is 26.2 Å². The van der Waals surface area contributed by atoms with Crippen molar-refractivity contribution in [1.82, 2.24) is 14.8 Å². The molecule has 0 aliphatic carbocycles. The third kappa shape index (κ3) is 5.38. The number of aromatic nitrogens is 1. The Bertz CT molecular complexity index is 551. The number of rotatable bonds is 5. The molecule has 0 aromatic carbocycles. The van der Waals surface area contributed by atoms with Crippen molar-refractivity contribution in [3.05, 3.63) is 23.9 Å². The Kier molecular flexibility index (Phi) is 5.46. The van der Waals surface area contributed by atoms with Crippen molar-refractivity contribution in [1.29, 1.82) is 0 Å². The first kappa shape index (κ1) is 17.5. The van der Waals surface area contributed by atoms with Crippen LogP contribution in [0.3, 0.4) is 0 Å². The number of ether oxygens (including phenoxy) is 1. The van der Waals surface area contributed by atoms with Gasteiger partial charge in [-0.2, -0.15) is 13.2 Å². The first-order valence-electron chi connectivity index (χ1n) is 7.35. The number of carbonyl (C=O) groups is 1. The number of hydrogen-bond acceptors (Lipinski definition) is 4. The molecule has 1 aliphatic heterocycles. The van der Waals surface area contributed by atoms with Gasteiger partial charge < -0.3 is 14.5 Å². The molecule has 5 nitrogen and oxygen atoms in total. The maximum absolute atomic E-state index is 12.3. The second kappa shape index (κ2) is 7.16. The molecule has 0 N–H and O–H groups in total. The molecular weight excluding hydrogens is 311 g/mol. The standard InChI is InChI=1S/C15H20F3N3O2/c1-20-7-6-11(8-20)9-21(2)14(22)12-4-3-5-13(19-12)23-10-15(16,17)18/h3-5,11H,6-10H2,1-2H3/t11-/m0/s1. The number of halogens is 3. The van der Waals surface area contributed by atoms with Crippen molar-refractivity contribution in [3.8, 4) is 5.88 Å². The molecule has 1 saturated heterocycles. The van der Waals surface area contributed by atoms with Crippen LogP contribution in [-0.4, -0.2) is 67.2 Å². The Balaban J connectivity index is 1.95. The van der Waals surface area contributed by atoms with Gasteiger partial charge in [0.2, 0.25) is 5.88 Å². The van der Waals surface area contributed by atoms with Gasteiger partial charge in [0.15, 0.2) is 6.61 Å². The second-order valence-electron chi connectivity index (χ2n) is 5.87. The van der Waals surface area contributed by atoms with Gasteiger partial charge in [0.1, 0.15) is 5.69 Å². The lowest BCUT2D eigenvalue weighted by molar-refractivity contribution is -0.154. The molecular formula is C15H20F3N3O2. The summed E-state index contributed by atoms with van der Waals surface area (Å²) >= 11 is 0. The number of pyridine rings is 1. The summed E-state index contributed by atoms with van der Waals surface area (Å²) in [6.45, 7) is 1.10. The van der Waals surface area contributed by atoms with Crippen molar-refractivity contribution in [2.45, 2.75) is 12.6 Å². The summed E-state index contributed by atoms with van der Waals surface area (Å²) in [6, 6.07) is 4.23. The molecule has 1 fully saturated rings. The zero-order chi connectivity index (χ0) is 17.0. The molecule has 8 heteroatoms. The maximum atomic E-state index is 12.3. The lowest BCUT2D eigenvalue weighted by Gasteiger charge is -2.21. The van der Waals surface area contributed by atoms with E-state index in [2.05, 4.69) is 14.6 Å². The van der Waals surface area contributed by atoms with E-state index in [9.17, 15) is 18.0 Å². The molecule has 1 aromatic heterocycles. The van der Waals surface area contributed by atoms with Gasteiger partial charge in [-0.15, -0.1) is 0 Å². The molecule has 1 aromatic rings. The van der Waals surface area contributed by atoms with E-state index in [0.717, 1.165) is 19.5 Å². The van der Waals surface area contributed by atoms with Crippen LogP contribution in [0, 0.1) is 5.92 Å². The minimum atomic E-state index is -4.44. The number of likely N-dealkylation sites (tertiary alicyclic amines) is 1. The highest BCUT2D eigenvalue weighted by Crippen LogP contribution is 2.18. The van der Waals surface area contributed by atoms with Crippen LogP contribution in [0.15, 0.2) is 18.2 Å². The van der Waals surface area contributed by atoms with E-state index in [-0.39, 0.29) is 17.5 Å². The number of amides is 1. The maximum Gasteiger partial charge on any atom is 0.422 e. The summed E-state index contributed by atoms with van der Waals surface area (Å²) in [5, 5.41) is 0. The summed E-state index contributed by atoms with van der Waals surface area (Å²) in [4.78, 5) is 20.0. The van der Waals surface area contributed by atoms with Crippen LogP contribution in [0.1, 0.15) is 16.9 Å². The van der Waals surface area contributed by atoms with Crippen molar-refractivity contribution in [2.24, 2.45) is 5.92 Å². The highest BCUT2D eigenvalue weighted by molar-refractivity contribution is 5.92. The zero-order valence-corrected chi connectivity index (χ0v) is 13.1. The van der Waals surface area contributed by atoms with E-state index in [1.807, 2.05) is 7.05 Å².